The lowest BCUT2D eigenvalue weighted by Gasteiger charge is -2.36. The SMILES string of the molecule is CC(C)(C)CC(c1ccc(COc2cccc3c(OCC(=O)OC(C)(C)C)cccc23)cc1)C(C)(C)C. The lowest BCUT2D eigenvalue weighted by Crippen LogP contribution is -2.27. The standard InChI is InChI=1S/C33H44O4/c1-31(2,3)20-27(32(4,5)6)24-18-16-23(17-19-24)21-35-28-14-10-13-26-25(28)12-11-15-29(26)36-22-30(34)37-33(7,8)9/h10-19,27H,20-22H2,1-9H3. The summed E-state index contributed by atoms with van der Waals surface area (Å²) >= 11 is 0. The summed E-state index contributed by atoms with van der Waals surface area (Å²) < 4.78 is 17.4. The molecule has 0 heterocycles. The van der Waals surface area contributed by atoms with Crippen LogP contribution < -0.4 is 9.47 Å². The Morgan fingerprint density at radius 3 is 1.76 bits per heavy atom. The second kappa shape index (κ2) is 11.2. The van der Waals surface area contributed by atoms with E-state index in [2.05, 4.69) is 65.8 Å². The Labute approximate surface area is 223 Å². The second-order valence-electron chi connectivity index (χ2n) is 13.2. The molecule has 0 amide bonds. The molecule has 37 heavy (non-hydrogen) atoms. The molecule has 0 aliphatic carbocycles. The number of carbonyl (C=O) groups excluding carboxylic acids is 1. The third-order valence-corrected chi connectivity index (χ3v) is 6.25. The van der Waals surface area contributed by atoms with Crippen molar-refractivity contribution in [3.8, 4) is 11.5 Å². The van der Waals surface area contributed by atoms with Crippen LogP contribution in [-0.2, 0) is 16.1 Å². The minimum absolute atomic E-state index is 0.140. The molecule has 0 radical (unpaired) electrons. The van der Waals surface area contributed by atoms with Gasteiger partial charge in [0.25, 0.3) is 0 Å². The van der Waals surface area contributed by atoms with Crippen molar-refractivity contribution < 1.29 is 19.0 Å². The monoisotopic (exact) mass is 504 g/mol. The molecule has 0 saturated carbocycles. The maximum atomic E-state index is 12.1. The van der Waals surface area contributed by atoms with E-state index in [1.165, 1.54) is 5.56 Å². The van der Waals surface area contributed by atoms with Crippen LogP contribution in [0.25, 0.3) is 10.8 Å². The molecular formula is C33H44O4. The zero-order valence-corrected chi connectivity index (χ0v) is 24.1. The van der Waals surface area contributed by atoms with Crippen LogP contribution in [0, 0.1) is 10.8 Å². The van der Waals surface area contributed by atoms with Gasteiger partial charge in [0, 0.05) is 10.8 Å². The van der Waals surface area contributed by atoms with Crippen molar-refractivity contribution in [2.24, 2.45) is 10.8 Å². The quantitative estimate of drug-likeness (QED) is 0.288. The molecule has 200 valence electrons. The number of hydrogen-bond donors (Lipinski definition) is 0. The molecule has 0 N–H and O–H groups in total. The Kier molecular flexibility index (Phi) is 8.62. The lowest BCUT2D eigenvalue weighted by molar-refractivity contribution is -0.157. The number of carbonyl (C=O) groups is 1. The Balaban J connectivity index is 1.72. The van der Waals surface area contributed by atoms with E-state index in [1.54, 1.807) is 0 Å². The molecule has 3 aromatic carbocycles. The Bertz CT molecular complexity index is 1190. The molecule has 4 nitrogen and oxygen atoms in total. The van der Waals surface area contributed by atoms with E-state index in [1.807, 2.05) is 57.2 Å². The van der Waals surface area contributed by atoms with Gasteiger partial charge in [0.2, 0.25) is 0 Å². The van der Waals surface area contributed by atoms with E-state index in [0.717, 1.165) is 28.5 Å². The van der Waals surface area contributed by atoms with E-state index in [-0.39, 0.29) is 17.4 Å². The molecule has 0 aromatic heterocycles. The number of benzene rings is 3. The molecule has 0 aliphatic heterocycles. The van der Waals surface area contributed by atoms with E-state index in [0.29, 0.717) is 18.3 Å². The maximum absolute atomic E-state index is 12.1. The van der Waals surface area contributed by atoms with Crippen LogP contribution in [0.2, 0.25) is 0 Å². The lowest BCUT2D eigenvalue weighted by atomic mass is 9.69. The van der Waals surface area contributed by atoms with Gasteiger partial charge in [-0.25, -0.2) is 4.79 Å². The minimum atomic E-state index is -0.543. The van der Waals surface area contributed by atoms with Gasteiger partial charge in [0.15, 0.2) is 6.61 Å². The van der Waals surface area contributed by atoms with E-state index in [9.17, 15) is 4.79 Å². The molecular weight excluding hydrogens is 460 g/mol. The topological polar surface area (TPSA) is 44.8 Å². The number of ether oxygens (including phenoxy) is 3. The van der Waals surface area contributed by atoms with Crippen molar-refractivity contribution in [3.63, 3.8) is 0 Å². The van der Waals surface area contributed by atoms with Crippen molar-refractivity contribution in [1.82, 2.24) is 0 Å². The smallest absolute Gasteiger partial charge is 0.344 e. The molecule has 0 aliphatic rings. The maximum Gasteiger partial charge on any atom is 0.344 e. The normalized spacial score (nSPS) is 13.3. The minimum Gasteiger partial charge on any atom is -0.488 e. The Morgan fingerprint density at radius 2 is 1.27 bits per heavy atom. The molecule has 1 unspecified atom stereocenters. The first-order valence-electron chi connectivity index (χ1n) is 13.2. The van der Waals surface area contributed by atoms with Crippen molar-refractivity contribution >= 4 is 16.7 Å². The van der Waals surface area contributed by atoms with Gasteiger partial charge in [-0.2, -0.15) is 0 Å². The van der Waals surface area contributed by atoms with Gasteiger partial charge in [-0.05, 0) is 67.2 Å². The summed E-state index contributed by atoms with van der Waals surface area (Å²) in [6, 6.07) is 20.5. The molecule has 0 saturated heterocycles. The highest BCUT2D eigenvalue weighted by Gasteiger charge is 2.30. The summed E-state index contributed by atoms with van der Waals surface area (Å²) in [7, 11) is 0. The molecule has 0 fully saturated rings. The van der Waals surface area contributed by atoms with Crippen LogP contribution >= 0.6 is 0 Å². The fourth-order valence-corrected chi connectivity index (χ4v) is 4.56. The molecule has 1 atom stereocenters. The third kappa shape index (κ3) is 8.52. The summed E-state index contributed by atoms with van der Waals surface area (Å²) in [4.78, 5) is 12.1. The summed E-state index contributed by atoms with van der Waals surface area (Å²) in [5.41, 5.74) is 2.42. The molecule has 3 rings (SSSR count). The van der Waals surface area contributed by atoms with Crippen molar-refractivity contribution in [2.45, 2.75) is 86.9 Å². The Morgan fingerprint density at radius 1 is 0.730 bits per heavy atom. The van der Waals surface area contributed by atoms with Gasteiger partial charge in [-0.15, -0.1) is 0 Å². The number of rotatable bonds is 8. The molecule has 4 heteroatoms. The highest BCUT2D eigenvalue weighted by Crippen LogP contribution is 2.43. The second-order valence-corrected chi connectivity index (χ2v) is 13.2. The van der Waals surface area contributed by atoms with Gasteiger partial charge in [-0.1, -0.05) is 90.1 Å². The highest BCUT2D eigenvalue weighted by molar-refractivity contribution is 5.93. The first kappa shape index (κ1) is 28.6. The average Bonchev–Trinajstić information content (AvgIpc) is 2.78. The van der Waals surface area contributed by atoms with Gasteiger partial charge < -0.3 is 14.2 Å². The van der Waals surface area contributed by atoms with E-state index < -0.39 is 11.6 Å². The van der Waals surface area contributed by atoms with Crippen molar-refractivity contribution in [2.75, 3.05) is 6.61 Å². The van der Waals surface area contributed by atoms with Crippen LogP contribution in [0.4, 0.5) is 0 Å². The average molecular weight is 505 g/mol. The van der Waals surface area contributed by atoms with Crippen LogP contribution in [0.5, 0.6) is 11.5 Å². The molecule has 0 bridgehead atoms. The predicted octanol–water partition coefficient (Wildman–Crippen LogP) is 8.71. The highest BCUT2D eigenvalue weighted by atomic mass is 16.6. The fraction of sp³-hybridized carbons (Fsp3) is 0.485. The summed E-state index contributed by atoms with van der Waals surface area (Å²) in [5, 5.41) is 1.84. The van der Waals surface area contributed by atoms with Crippen molar-refractivity contribution in [3.05, 3.63) is 71.8 Å². The van der Waals surface area contributed by atoms with Crippen LogP contribution in [-0.4, -0.2) is 18.2 Å². The fourth-order valence-electron chi connectivity index (χ4n) is 4.56. The zero-order chi connectivity index (χ0) is 27.4. The summed E-state index contributed by atoms with van der Waals surface area (Å²) in [5.74, 6) is 1.51. The van der Waals surface area contributed by atoms with Crippen LogP contribution in [0.3, 0.4) is 0 Å². The van der Waals surface area contributed by atoms with Crippen LogP contribution in [0.1, 0.15) is 85.8 Å². The summed E-state index contributed by atoms with van der Waals surface area (Å²) in [6.07, 6.45) is 1.14. The van der Waals surface area contributed by atoms with Gasteiger partial charge in [-0.3, -0.25) is 0 Å². The number of hydrogen-bond acceptors (Lipinski definition) is 4. The van der Waals surface area contributed by atoms with Gasteiger partial charge >= 0.3 is 5.97 Å². The van der Waals surface area contributed by atoms with E-state index in [4.69, 9.17) is 14.2 Å². The molecule has 0 spiro atoms. The zero-order valence-electron chi connectivity index (χ0n) is 24.1. The third-order valence-electron chi connectivity index (χ3n) is 6.25. The van der Waals surface area contributed by atoms with Gasteiger partial charge in [0.1, 0.15) is 23.7 Å². The predicted molar refractivity (Wildman–Crippen MR) is 152 cm³/mol. The molecule has 3 aromatic rings. The largest absolute Gasteiger partial charge is 0.488 e. The van der Waals surface area contributed by atoms with Crippen LogP contribution in [0.15, 0.2) is 60.7 Å². The number of esters is 1. The first-order valence-corrected chi connectivity index (χ1v) is 13.2. The Hall–Kier alpha value is -3.01. The first-order chi connectivity index (χ1) is 17.1. The van der Waals surface area contributed by atoms with Crippen molar-refractivity contribution in [1.29, 1.82) is 0 Å². The van der Waals surface area contributed by atoms with Gasteiger partial charge in [0.05, 0.1) is 0 Å². The summed E-state index contributed by atoms with van der Waals surface area (Å²) in [6.45, 7) is 19.8. The van der Waals surface area contributed by atoms with E-state index >= 15 is 0 Å². The number of fused-ring (bicyclic) bond motifs is 1.